The molecule has 2 aromatic heterocycles. The van der Waals surface area contributed by atoms with Gasteiger partial charge in [-0.3, -0.25) is 0 Å². The molecule has 0 radical (unpaired) electrons. The molecule has 0 bridgehead atoms. The van der Waals surface area contributed by atoms with Crippen molar-refractivity contribution in [3.8, 4) is 0 Å². The lowest BCUT2D eigenvalue weighted by atomic mass is 10.3. The highest BCUT2D eigenvalue weighted by atomic mass is 35.5. The summed E-state index contributed by atoms with van der Waals surface area (Å²) in [6, 6.07) is 1.73. The van der Waals surface area contributed by atoms with E-state index in [1.54, 1.807) is 0 Å². The van der Waals surface area contributed by atoms with Gasteiger partial charge in [0.25, 0.3) is 0 Å². The van der Waals surface area contributed by atoms with Crippen molar-refractivity contribution >= 4 is 46.5 Å². The maximum absolute atomic E-state index is 12.6. The van der Waals surface area contributed by atoms with Gasteiger partial charge in [-0.1, -0.05) is 34.7 Å². The van der Waals surface area contributed by atoms with E-state index >= 15 is 0 Å². The van der Waals surface area contributed by atoms with Crippen molar-refractivity contribution in [3.05, 3.63) is 22.8 Å². The Balaban J connectivity index is 2.27. The van der Waals surface area contributed by atoms with Crippen LogP contribution in [0.25, 0.3) is 0 Å². The van der Waals surface area contributed by atoms with Crippen LogP contribution in [0.15, 0.2) is 25.8 Å². The molecular weight excluding hydrogens is 339 g/mol. The Morgan fingerprint density at radius 2 is 1.89 bits per heavy atom. The van der Waals surface area contributed by atoms with Crippen molar-refractivity contribution in [1.82, 2.24) is 15.2 Å². The zero-order valence-corrected chi connectivity index (χ0v) is 12.4. The summed E-state index contributed by atoms with van der Waals surface area (Å²) in [5.74, 6) is 0. The highest BCUT2D eigenvalue weighted by molar-refractivity contribution is 8.02. The number of alkyl halides is 3. The maximum atomic E-state index is 12.6. The second-order valence-corrected chi connectivity index (χ2v) is 6.84. The Labute approximate surface area is 124 Å². The van der Waals surface area contributed by atoms with Crippen LogP contribution < -0.4 is 0 Å². The minimum absolute atomic E-state index is 0.142. The molecular formula is C9H5ClF3N3S3. The summed E-state index contributed by atoms with van der Waals surface area (Å²) in [5, 5.41) is 7.64. The molecule has 0 aliphatic heterocycles. The third-order valence-corrected chi connectivity index (χ3v) is 4.91. The third kappa shape index (κ3) is 3.98. The summed E-state index contributed by atoms with van der Waals surface area (Å²) in [5.41, 5.74) is -0.829. The Kier molecular flexibility index (Phi) is 4.59. The molecule has 0 aliphatic carbocycles. The molecule has 0 saturated carbocycles. The smallest absolute Gasteiger partial charge is 0.229 e. The third-order valence-electron chi connectivity index (χ3n) is 1.85. The van der Waals surface area contributed by atoms with Crippen molar-refractivity contribution in [3.63, 3.8) is 0 Å². The van der Waals surface area contributed by atoms with E-state index in [-0.39, 0.29) is 10.2 Å². The van der Waals surface area contributed by atoms with Gasteiger partial charge in [0.1, 0.15) is 10.2 Å². The lowest BCUT2D eigenvalue weighted by Gasteiger charge is -2.07. The van der Waals surface area contributed by atoms with Gasteiger partial charge in [0.05, 0.1) is 5.56 Å². The fraction of sp³-hybridized carbons (Fsp3) is 0.222. The molecule has 0 spiro atoms. The molecule has 0 N–H and O–H groups in total. The second-order valence-electron chi connectivity index (χ2n) is 3.15. The summed E-state index contributed by atoms with van der Waals surface area (Å²) in [6.45, 7) is 0. The summed E-state index contributed by atoms with van der Waals surface area (Å²) in [7, 11) is 0. The Bertz CT molecular complexity index is 588. The van der Waals surface area contributed by atoms with Gasteiger partial charge < -0.3 is 0 Å². The van der Waals surface area contributed by atoms with Gasteiger partial charge in [0.2, 0.25) is 0 Å². The van der Waals surface area contributed by atoms with Crippen molar-refractivity contribution < 1.29 is 13.2 Å². The van der Waals surface area contributed by atoms with Crippen LogP contribution >= 0.6 is 46.5 Å². The molecule has 0 aromatic carbocycles. The first-order chi connectivity index (χ1) is 8.88. The average molecular weight is 344 g/mol. The fourth-order valence-electron chi connectivity index (χ4n) is 1.10. The van der Waals surface area contributed by atoms with Crippen LogP contribution in [0.1, 0.15) is 5.56 Å². The van der Waals surface area contributed by atoms with Crippen LogP contribution in [0.4, 0.5) is 13.2 Å². The average Bonchev–Trinajstić information content (AvgIpc) is 2.75. The normalized spacial score (nSPS) is 11.8. The number of thioether (sulfide) groups is 1. The van der Waals surface area contributed by atoms with E-state index in [9.17, 15) is 13.2 Å². The highest BCUT2D eigenvalue weighted by Crippen LogP contribution is 2.36. The van der Waals surface area contributed by atoms with Crippen LogP contribution in [-0.4, -0.2) is 21.4 Å². The molecule has 102 valence electrons. The number of aromatic nitrogens is 3. The molecule has 0 atom stereocenters. The van der Waals surface area contributed by atoms with E-state index in [1.165, 1.54) is 23.1 Å². The van der Waals surface area contributed by atoms with E-state index in [1.807, 2.05) is 6.26 Å². The van der Waals surface area contributed by atoms with Crippen molar-refractivity contribution in [1.29, 1.82) is 0 Å². The Morgan fingerprint density at radius 3 is 2.47 bits per heavy atom. The molecule has 3 nitrogen and oxygen atoms in total. The van der Waals surface area contributed by atoms with Gasteiger partial charge >= 0.3 is 6.18 Å². The Hall–Kier alpha value is -0.510. The molecule has 2 aromatic rings. The number of hydrogen-bond acceptors (Lipinski definition) is 6. The number of halogens is 4. The zero-order valence-electron chi connectivity index (χ0n) is 9.23. The first-order valence-corrected chi connectivity index (χ1v) is 7.92. The van der Waals surface area contributed by atoms with Gasteiger partial charge in [-0.05, 0) is 30.2 Å². The molecule has 2 heterocycles. The van der Waals surface area contributed by atoms with Gasteiger partial charge in [-0.25, -0.2) is 4.98 Å². The summed E-state index contributed by atoms with van der Waals surface area (Å²) >= 11 is 9.30. The van der Waals surface area contributed by atoms with E-state index in [0.717, 1.165) is 28.2 Å². The van der Waals surface area contributed by atoms with E-state index in [2.05, 4.69) is 15.2 Å². The highest BCUT2D eigenvalue weighted by Gasteiger charge is 2.31. The topological polar surface area (TPSA) is 38.7 Å². The molecule has 10 heteroatoms. The predicted octanol–water partition coefficient (Wildman–Crippen LogP) is 4.48. The SMILES string of the molecule is CSc1nnc(Sc2cc(C(F)(F)F)cc(Cl)n2)s1. The van der Waals surface area contributed by atoms with Crippen molar-refractivity contribution in [2.45, 2.75) is 19.9 Å². The predicted molar refractivity (Wildman–Crippen MR) is 70.1 cm³/mol. The van der Waals surface area contributed by atoms with Gasteiger partial charge in [-0.2, -0.15) is 13.2 Å². The zero-order chi connectivity index (χ0) is 14.0. The number of pyridine rings is 1. The Morgan fingerprint density at radius 1 is 1.21 bits per heavy atom. The lowest BCUT2D eigenvalue weighted by molar-refractivity contribution is -0.137. The lowest BCUT2D eigenvalue weighted by Crippen LogP contribution is -2.05. The minimum Gasteiger partial charge on any atom is -0.229 e. The molecule has 0 saturated heterocycles. The van der Waals surface area contributed by atoms with Gasteiger partial charge in [-0.15, -0.1) is 10.2 Å². The number of hydrogen-bond donors (Lipinski definition) is 0. The standard InChI is InChI=1S/C9H5ClF3N3S3/c1-17-7-15-16-8(19-7)18-6-3-4(9(11,12)13)2-5(10)14-6/h2-3H,1H3. The molecule has 0 fully saturated rings. The van der Waals surface area contributed by atoms with Crippen LogP contribution in [0.2, 0.25) is 5.15 Å². The van der Waals surface area contributed by atoms with Gasteiger partial charge in [0.15, 0.2) is 8.68 Å². The molecule has 19 heavy (non-hydrogen) atoms. The van der Waals surface area contributed by atoms with Crippen molar-refractivity contribution in [2.75, 3.05) is 6.26 Å². The fourth-order valence-corrected chi connectivity index (χ4v) is 3.77. The molecule has 0 unspecified atom stereocenters. The minimum atomic E-state index is -4.45. The summed E-state index contributed by atoms with van der Waals surface area (Å²) in [6.07, 6.45) is -2.61. The van der Waals surface area contributed by atoms with Crippen LogP contribution in [0, 0.1) is 0 Å². The number of nitrogens with zero attached hydrogens (tertiary/aromatic N) is 3. The van der Waals surface area contributed by atoms with Crippen LogP contribution in [0.5, 0.6) is 0 Å². The maximum Gasteiger partial charge on any atom is 0.416 e. The second kappa shape index (κ2) is 5.86. The molecule has 0 aliphatic rings. The first-order valence-electron chi connectivity index (χ1n) is 4.68. The molecule has 0 amide bonds. The van der Waals surface area contributed by atoms with E-state index in [4.69, 9.17) is 11.6 Å². The number of rotatable bonds is 3. The van der Waals surface area contributed by atoms with E-state index in [0.29, 0.717) is 4.34 Å². The quantitative estimate of drug-likeness (QED) is 0.607. The van der Waals surface area contributed by atoms with Crippen LogP contribution in [-0.2, 0) is 6.18 Å². The summed E-state index contributed by atoms with van der Waals surface area (Å²) in [4.78, 5) is 3.84. The van der Waals surface area contributed by atoms with Gasteiger partial charge in [0, 0.05) is 0 Å². The largest absolute Gasteiger partial charge is 0.416 e. The first kappa shape index (κ1) is 14.9. The molecule has 2 rings (SSSR count). The van der Waals surface area contributed by atoms with E-state index < -0.39 is 11.7 Å². The summed E-state index contributed by atoms with van der Waals surface area (Å²) < 4.78 is 39.1. The van der Waals surface area contributed by atoms with Crippen molar-refractivity contribution in [2.24, 2.45) is 0 Å². The monoisotopic (exact) mass is 343 g/mol. The van der Waals surface area contributed by atoms with Crippen LogP contribution in [0.3, 0.4) is 0 Å².